The molecule has 0 amide bonds. The van der Waals surface area contributed by atoms with Gasteiger partial charge in [0.2, 0.25) is 22.4 Å². The number of hydrogen-bond donors (Lipinski definition) is 4. The molecule has 0 aliphatic heterocycles. The fourth-order valence-electron chi connectivity index (χ4n) is 5.09. The number of phenols is 3. The van der Waals surface area contributed by atoms with Gasteiger partial charge in [0.05, 0.1) is 28.4 Å². The van der Waals surface area contributed by atoms with Crippen LogP contribution >= 0.6 is 0 Å². The Morgan fingerprint density at radius 3 is 1.64 bits per heavy atom. The van der Waals surface area contributed by atoms with Gasteiger partial charge in [-0.25, -0.2) is 0 Å². The number of hydrogen-bond acceptors (Lipinski definition) is 13. The van der Waals surface area contributed by atoms with E-state index in [9.17, 15) is 30.0 Å². The lowest BCUT2D eigenvalue weighted by molar-refractivity contribution is 0.366. The average Bonchev–Trinajstić information content (AvgIpc) is 3.06. The van der Waals surface area contributed by atoms with Gasteiger partial charge in [-0.3, -0.25) is 9.59 Å². The highest BCUT2D eigenvalue weighted by Gasteiger charge is 2.23. The van der Waals surface area contributed by atoms with E-state index in [1.807, 2.05) is 0 Å². The van der Waals surface area contributed by atoms with Crippen molar-refractivity contribution in [1.82, 2.24) is 0 Å². The fraction of sp³-hybridized carbons (Fsp3) is 0.118. The summed E-state index contributed by atoms with van der Waals surface area (Å²) in [5, 5.41) is 41.9. The van der Waals surface area contributed by atoms with Crippen LogP contribution in [0.3, 0.4) is 0 Å². The van der Waals surface area contributed by atoms with E-state index in [4.69, 9.17) is 32.5 Å². The van der Waals surface area contributed by atoms with E-state index >= 15 is 0 Å². The van der Waals surface area contributed by atoms with Gasteiger partial charge in [0, 0.05) is 35.4 Å². The highest BCUT2D eigenvalue weighted by molar-refractivity contribution is 5.89. The highest BCUT2D eigenvalue weighted by atomic mass is 16.5. The minimum atomic E-state index is -0.847. The molecule has 0 aliphatic carbocycles. The Morgan fingerprint density at radius 2 is 1.09 bits per heavy atom. The van der Waals surface area contributed by atoms with Crippen molar-refractivity contribution in [3.8, 4) is 80.1 Å². The molecular formula is C34H26O13. The van der Waals surface area contributed by atoms with Crippen LogP contribution in [0.1, 0.15) is 0 Å². The van der Waals surface area contributed by atoms with E-state index in [0.29, 0.717) is 0 Å². The third kappa shape index (κ3) is 5.19. The topological polar surface area (TPSA) is 187 Å². The Hall–Kier alpha value is -6.50. The Morgan fingerprint density at radius 1 is 0.532 bits per heavy atom. The molecule has 4 N–H and O–H groups in total. The molecule has 0 radical (unpaired) electrons. The van der Waals surface area contributed by atoms with Gasteiger partial charge in [-0.15, -0.1) is 0 Å². The summed E-state index contributed by atoms with van der Waals surface area (Å²) in [6.07, 6.45) is 0. The molecule has 0 saturated carbocycles. The predicted molar refractivity (Wildman–Crippen MR) is 169 cm³/mol. The van der Waals surface area contributed by atoms with Crippen molar-refractivity contribution in [3.63, 3.8) is 0 Å². The first-order valence-corrected chi connectivity index (χ1v) is 13.8. The zero-order valence-electron chi connectivity index (χ0n) is 25.2. The van der Waals surface area contributed by atoms with Crippen molar-refractivity contribution < 1.29 is 52.9 Å². The standard InChI is InChI=1S/C34H26O13/c1-41-17-11-20(36)27-25(13-17)46-32(31(40)29(27)38)16-6-8-23(24(10-16)43-3)45-22-7-5-15(9-19(22)35)33-34(44-4)30(39)28-21(37)12-18(42-2)14-26(28)47-33/h5-14,35-37,40H,1-4H3. The summed E-state index contributed by atoms with van der Waals surface area (Å²) in [5.74, 6) is -1.41. The minimum absolute atomic E-state index is 0.00358. The van der Waals surface area contributed by atoms with Crippen molar-refractivity contribution in [2.45, 2.75) is 0 Å². The number of fused-ring (bicyclic) bond motifs is 2. The minimum Gasteiger partial charge on any atom is -0.507 e. The average molecular weight is 643 g/mol. The molecule has 0 atom stereocenters. The van der Waals surface area contributed by atoms with Gasteiger partial charge >= 0.3 is 0 Å². The lowest BCUT2D eigenvalue weighted by Gasteiger charge is -2.15. The van der Waals surface area contributed by atoms with Crippen LogP contribution in [0.2, 0.25) is 0 Å². The Kier molecular flexibility index (Phi) is 7.65. The second-order valence-corrected chi connectivity index (χ2v) is 10.1. The molecule has 0 unspecified atom stereocenters. The summed E-state index contributed by atoms with van der Waals surface area (Å²) in [6.45, 7) is 0. The molecule has 0 spiro atoms. The van der Waals surface area contributed by atoms with Crippen molar-refractivity contribution in [2.24, 2.45) is 0 Å². The first-order chi connectivity index (χ1) is 22.6. The molecule has 4 aromatic carbocycles. The van der Waals surface area contributed by atoms with Crippen molar-refractivity contribution >= 4 is 21.9 Å². The normalized spacial score (nSPS) is 11.1. The fourth-order valence-corrected chi connectivity index (χ4v) is 5.09. The van der Waals surface area contributed by atoms with Crippen LogP contribution in [0, 0.1) is 0 Å². The molecule has 2 heterocycles. The molecule has 6 aromatic rings. The maximum Gasteiger partial charge on any atom is 0.239 e. The second kappa shape index (κ2) is 11.8. The van der Waals surface area contributed by atoms with Crippen LogP contribution in [0.25, 0.3) is 44.6 Å². The van der Waals surface area contributed by atoms with Crippen molar-refractivity contribution in [2.75, 3.05) is 28.4 Å². The van der Waals surface area contributed by atoms with Gasteiger partial charge in [0.1, 0.15) is 44.9 Å². The van der Waals surface area contributed by atoms with Gasteiger partial charge in [-0.05, 0) is 36.4 Å². The maximum absolute atomic E-state index is 13.2. The molecule has 47 heavy (non-hydrogen) atoms. The Balaban J connectivity index is 1.37. The Bertz CT molecular complexity index is 2320. The van der Waals surface area contributed by atoms with E-state index in [-0.39, 0.29) is 90.6 Å². The smallest absolute Gasteiger partial charge is 0.239 e. The number of phenolic OH excluding ortho intramolecular Hbond substituents is 3. The van der Waals surface area contributed by atoms with E-state index in [1.165, 1.54) is 89.1 Å². The first-order valence-electron chi connectivity index (χ1n) is 13.8. The number of rotatable bonds is 8. The Labute approximate surface area is 264 Å². The first kappa shape index (κ1) is 30.5. The van der Waals surface area contributed by atoms with Crippen molar-refractivity contribution in [3.05, 3.63) is 81.1 Å². The molecule has 6 rings (SSSR count). The number of benzene rings is 4. The molecule has 13 nitrogen and oxygen atoms in total. The van der Waals surface area contributed by atoms with Crippen LogP contribution in [-0.4, -0.2) is 48.9 Å². The molecule has 2 aromatic heterocycles. The van der Waals surface area contributed by atoms with Gasteiger partial charge in [0.25, 0.3) is 0 Å². The van der Waals surface area contributed by atoms with Crippen LogP contribution < -0.4 is 34.5 Å². The van der Waals surface area contributed by atoms with E-state index in [2.05, 4.69) is 0 Å². The van der Waals surface area contributed by atoms with Crippen LogP contribution in [0.5, 0.6) is 57.5 Å². The lowest BCUT2D eigenvalue weighted by Crippen LogP contribution is -2.08. The number of ether oxygens (including phenoxy) is 5. The largest absolute Gasteiger partial charge is 0.507 e. The summed E-state index contributed by atoms with van der Waals surface area (Å²) in [4.78, 5) is 26.1. The molecule has 13 heteroatoms. The van der Waals surface area contributed by atoms with Crippen LogP contribution in [-0.2, 0) is 0 Å². The monoisotopic (exact) mass is 642 g/mol. The summed E-state index contributed by atoms with van der Waals surface area (Å²) >= 11 is 0. The molecule has 0 bridgehead atoms. The lowest BCUT2D eigenvalue weighted by atomic mass is 10.1. The highest BCUT2D eigenvalue weighted by Crippen LogP contribution is 2.43. The number of aromatic hydroxyl groups is 4. The summed E-state index contributed by atoms with van der Waals surface area (Å²) < 4.78 is 38.7. The third-order valence-corrected chi connectivity index (χ3v) is 7.37. The summed E-state index contributed by atoms with van der Waals surface area (Å²) in [7, 11) is 5.43. The maximum atomic E-state index is 13.2. The summed E-state index contributed by atoms with van der Waals surface area (Å²) in [5.41, 5.74) is -0.943. The van der Waals surface area contributed by atoms with Crippen molar-refractivity contribution in [1.29, 1.82) is 0 Å². The molecular weight excluding hydrogens is 616 g/mol. The van der Waals surface area contributed by atoms with Gasteiger partial charge in [-0.1, -0.05) is 0 Å². The predicted octanol–water partition coefficient (Wildman–Crippen LogP) is 5.88. The summed E-state index contributed by atoms with van der Waals surface area (Å²) in [6, 6.07) is 14.0. The van der Waals surface area contributed by atoms with E-state index in [1.54, 1.807) is 0 Å². The van der Waals surface area contributed by atoms with Gasteiger partial charge in [-0.2, -0.15) is 0 Å². The van der Waals surface area contributed by atoms with Crippen LogP contribution in [0.15, 0.2) is 79.1 Å². The number of methoxy groups -OCH3 is 4. The molecule has 240 valence electrons. The quantitative estimate of drug-likeness (QED) is 0.154. The SMILES string of the molecule is COc1cc(O)c2c(=O)c(O)c(-c3ccc(Oc4ccc(-c5oc6cc(OC)cc(O)c6c(=O)c5OC)cc4O)c(OC)c3)oc2c1. The third-order valence-electron chi connectivity index (χ3n) is 7.37. The molecule has 0 saturated heterocycles. The van der Waals surface area contributed by atoms with Crippen LogP contribution in [0.4, 0.5) is 0 Å². The van der Waals surface area contributed by atoms with E-state index in [0.717, 1.165) is 0 Å². The molecule has 0 aliphatic rings. The van der Waals surface area contributed by atoms with Gasteiger partial charge < -0.3 is 52.9 Å². The van der Waals surface area contributed by atoms with Gasteiger partial charge in [0.15, 0.2) is 34.5 Å². The zero-order valence-corrected chi connectivity index (χ0v) is 25.2. The van der Waals surface area contributed by atoms with E-state index < -0.39 is 22.4 Å². The molecule has 0 fully saturated rings. The second-order valence-electron chi connectivity index (χ2n) is 10.1. The zero-order chi connectivity index (χ0) is 33.6.